The smallest absolute Gasteiger partial charge is 0.258 e. The van der Waals surface area contributed by atoms with E-state index in [1.807, 2.05) is 6.92 Å². The summed E-state index contributed by atoms with van der Waals surface area (Å²) in [4.78, 5) is 9.73. The Balaban J connectivity index is 4.48. The van der Waals surface area contributed by atoms with Crippen molar-refractivity contribution in [3.05, 3.63) is 46.7 Å². The van der Waals surface area contributed by atoms with E-state index in [4.69, 9.17) is 0 Å². The van der Waals surface area contributed by atoms with Crippen LogP contribution in [0.5, 0.6) is 0 Å². The zero-order valence-electron chi connectivity index (χ0n) is 6.54. The van der Waals surface area contributed by atoms with Crippen molar-refractivity contribution in [3.63, 3.8) is 0 Å². The minimum atomic E-state index is -0.478. The van der Waals surface area contributed by atoms with Crippen molar-refractivity contribution >= 4 is 0 Å². The van der Waals surface area contributed by atoms with E-state index in [0.29, 0.717) is 6.42 Å². The predicted molar refractivity (Wildman–Crippen MR) is 44.7 cm³/mol. The normalized spacial score (nSPS) is 10.8. The molecule has 0 aliphatic heterocycles. The largest absolute Gasteiger partial charge is 0.269 e. The molecular formula is C8H11NO2. The summed E-state index contributed by atoms with van der Waals surface area (Å²) >= 11 is 0. The molecule has 0 bridgehead atoms. The van der Waals surface area contributed by atoms with E-state index in [-0.39, 0.29) is 5.70 Å². The summed E-state index contributed by atoms with van der Waals surface area (Å²) in [5.41, 5.74) is 0.730. The van der Waals surface area contributed by atoms with Gasteiger partial charge in [0.25, 0.3) is 5.70 Å². The maximum atomic E-state index is 10.2. The summed E-state index contributed by atoms with van der Waals surface area (Å²) in [6.45, 7) is 8.82. The van der Waals surface area contributed by atoms with Crippen LogP contribution in [-0.4, -0.2) is 4.92 Å². The maximum Gasteiger partial charge on any atom is 0.269 e. The van der Waals surface area contributed by atoms with Gasteiger partial charge in [0.2, 0.25) is 0 Å². The lowest BCUT2D eigenvalue weighted by Gasteiger charge is -1.92. The molecule has 0 aromatic carbocycles. The lowest BCUT2D eigenvalue weighted by atomic mass is 10.2. The monoisotopic (exact) mass is 153 g/mol. The SMILES string of the molecule is C=C/C(=C\C(=C)CC)[N+](=O)[O-]. The van der Waals surface area contributed by atoms with Crippen LogP contribution >= 0.6 is 0 Å². The molecule has 0 saturated heterocycles. The number of hydrogen-bond donors (Lipinski definition) is 0. The highest BCUT2D eigenvalue weighted by Gasteiger charge is 2.03. The molecule has 0 radical (unpaired) electrons. The third-order valence-corrected chi connectivity index (χ3v) is 1.23. The molecule has 0 aliphatic rings. The van der Waals surface area contributed by atoms with E-state index in [2.05, 4.69) is 13.2 Å². The molecular weight excluding hydrogens is 142 g/mol. The highest BCUT2D eigenvalue weighted by Crippen LogP contribution is 2.05. The standard InChI is InChI=1S/C8H11NO2/c1-4-7(3)6-8(5-2)9(10)11/h5-6H,2-4H2,1H3/b8-6+. The molecule has 0 unspecified atom stereocenters. The Hall–Kier alpha value is -1.38. The third kappa shape index (κ3) is 3.35. The lowest BCUT2D eigenvalue weighted by molar-refractivity contribution is -0.419. The van der Waals surface area contributed by atoms with Crippen molar-refractivity contribution in [1.82, 2.24) is 0 Å². The van der Waals surface area contributed by atoms with Gasteiger partial charge in [-0.1, -0.05) is 20.1 Å². The fourth-order valence-electron chi connectivity index (χ4n) is 0.497. The predicted octanol–water partition coefficient (Wildman–Crippen LogP) is 2.30. The molecule has 0 heterocycles. The maximum absolute atomic E-state index is 10.2. The molecule has 0 fully saturated rings. The Morgan fingerprint density at radius 1 is 1.73 bits per heavy atom. The first-order chi connectivity index (χ1) is 5.11. The van der Waals surface area contributed by atoms with Crippen molar-refractivity contribution < 1.29 is 4.92 Å². The Bertz CT molecular complexity index is 216. The molecule has 3 heteroatoms. The minimum Gasteiger partial charge on any atom is -0.258 e. The zero-order chi connectivity index (χ0) is 8.85. The van der Waals surface area contributed by atoms with E-state index in [1.54, 1.807) is 0 Å². The quantitative estimate of drug-likeness (QED) is 0.353. The molecule has 0 spiro atoms. The molecule has 0 N–H and O–H groups in total. The second-order valence-corrected chi connectivity index (χ2v) is 2.04. The van der Waals surface area contributed by atoms with Gasteiger partial charge in [-0.25, -0.2) is 0 Å². The molecule has 0 aromatic heterocycles. The van der Waals surface area contributed by atoms with E-state index >= 15 is 0 Å². The number of nitro groups is 1. The summed E-state index contributed by atoms with van der Waals surface area (Å²) in [6, 6.07) is 0. The highest BCUT2D eigenvalue weighted by molar-refractivity contribution is 5.22. The highest BCUT2D eigenvalue weighted by atomic mass is 16.6. The summed E-state index contributed by atoms with van der Waals surface area (Å²) < 4.78 is 0. The van der Waals surface area contributed by atoms with Crippen LogP contribution in [0.2, 0.25) is 0 Å². The molecule has 0 saturated carbocycles. The lowest BCUT2D eigenvalue weighted by Crippen LogP contribution is -1.94. The average Bonchev–Trinajstić information content (AvgIpc) is 1.99. The number of hydrogen-bond acceptors (Lipinski definition) is 2. The van der Waals surface area contributed by atoms with Crippen LogP contribution < -0.4 is 0 Å². The Morgan fingerprint density at radius 2 is 2.27 bits per heavy atom. The van der Waals surface area contributed by atoms with Crippen molar-refractivity contribution in [2.45, 2.75) is 13.3 Å². The summed E-state index contributed by atoms with van der Waals surface area (Å²) in [7, 11) is 0. The Labute approximate surface area is 65.9 Å². The van der Waals surface area contributed by atoms with Crippen molar-refractivity contribution in [2.75, 3.05) is 0 Å². The summed E-state index contributed by atoms with van der Waals surface area (Å²) in [5.74, 6) is 0. The third-order valence-electron chi connectivity index (χ3n) is 1.23. The van der Waals surface area contributed by atoms with Gasteiger partial charge in [-0.15, -0.1) is 0 Å². The van der Waals surface area contributed by atoms with Crippen LogP contribution in [0.4, 0.5) is 0 Å². The van der Waals surface area contributed by atoms with Gasteiger partial charge in [-0.2, -0.15) is 0 Å². The first-order valence-electron chi connectivity index (χ1n) is 3.28. The molecule has 0 aromatic rings. The van der Waals surface area contributed by atoms with Gasteiger partial charge in [-0.3, -0.25) is 10.1 Å². The first kappa shape index (κ1) is 9.62. The Morgan fingerprint density at radius 3 is 2.55 bits per heavy atom. The minimum absolute atomic E-state index is 0.00292. The van der Waals surface area contributed by atoms with Gasteiger partial charge in [0, 0.05) is 12.2 Å². The molecule has 3 nitrogen and oxygen atoms in total. The molecule has 0 aliphatic carbocycles. The van der Waals surface area contributed by atoms with E-state index in [9.17, 15) is 10.1 Å². The molecule has 11 heavy (non-hydrogen) atoms. The molecule has 0 rings (SSSR count). The van der Waals surface area contributed by atoms with Crippen LogP contribution in [-0.2, 0) is 0 Å². The van der Waals surface area contributed by atoms with Crippen LogP contribution in [0.15, 0.2) is 36.6 Å². The molecule has 0 atom stereocenters. The number of rotatable bonds is 4. The van der Waals surface area contributed by atoms with E-state index in [0.717, 1.165) is 5.57 Å². The second kappa shape index (κ2) is 4.44. The summed E-state index contributed by atoms with van der Waals surface area (Å²) in [6.07, 6.45) is 3.35. The van der Waals surface area contributed by atoms with E-state index in [1.165, 1.54) is 12.2 Å². The molecule has 0 amide bonds. The van der Waals surface area contributed by atoms with Crippen LogP contribution in [0.3, 0.4) is 0 Å². The van der Waals surface area contributed by atoms with Crippen LogP contribution in [0.1, 0.15) is 13.3 Å². The summed E-state index contributed by atoms with van der Waals surface area (Å²) in [5, 5.41) is 10.2. The fraction of sp³-hybridized carbons (Fsp3) is 0.250. The zero-order valence-corrected chi connectivity index (χ0v) is 6.54. The topological polar surface area (TPSA) is 43.1 Å². The fourth-order valence-corrected chi connectivity index (χ4v) is 0.497. The Kier molecular flexibility index (Phi) is 3.88. The number of nitrogens with zero attached hydrogens (tertiary/aromatic N) is 1. The van der Waals surface area contributed by atoms with Gasteiger partial charge in [0.05, 0.1) is 4.92 Å². The van der Waals surface area contributed by atoms with Crippen LogP contribution in [0.25, 0.3) is 0 Å². The number of allylic oxidation sites excluding steroid dienone is 3. The van der Waals surface area contributed by atoms with Gasteiger partial charge < -0.3 is 0 Å². The van der Waals surface area contributed by atoms with Crippen LogP contribution in [0, 0.1) is 10.1 Å². The van der Waals surface area contributed by atoms with Crippen molar-refractivity contribution in [1.29, 1.82) is 0 Å². The average molecular weight is 153 g/mol. The first-order valence-corrected chi connectivity index (χ1v) is 3.28. The van der Waals surface area contributed by atoms with E-state index < -0.39 is 4.92 Å². The second-order valence-electron chi connectivity index (χ2n) is 2.04. The van der Waals surface area contributed by atoms with Gasteiger partial charge in [0.1, 0.15) is 0 Å². The van der Waals surface area contributed by atoms with Crippen molar-refractivity contribution in [2.24, 2.45) is 0 Å². The molecule has 60 valence electrons. The van der Waals surface area contributed by atoms with Gasteiger partial charge >= 0.3 is 0 Å². The van der Waals surface area contributed by atoms with Gasteiger partial charge in [-0.05, 0) is 12.0 Å². The van der Waals surface area contributed by atoms with Crippen molar-refractivity contribution in [3.8, 4) is 0 Å². The van der Waals surface area contributed by atoms with Gasteiger partial charge in [0.15, 0.2) is 0 Å².